The molecule has 7 heteroatoms. The van der Waals surface area contributed by atoms with Gasteiger partial charge in [-0.3, -0.25) is 4.79 Å². The van der Waals surface area contributed by atoms with Crippen LogP contribution in [0.3, 0.4) is 0 Å². The van der Waals surface area contributed by atoms with Crippen LogP contribution in [-0.4, -0.2) is 31.7 Å². The first-order valence-corrected chi connectivity index (χ1v) is 9.38. The molecule has 0 saturated carbocycles. The molecule has 2 aromatic rings. The molecular formula is C17H19ClN2O3S. The largest absolute Gasteiger partial charge is 0.321 e. The summed E-state index contributed by atoms with van der Waals surface area (Å²) in [6, 6.07) is 12.8. The Morgan fingerprint density at radius 2 is 1.75 bits per heavy atom. The maximum Gasteiger partial charge on any atom is 0.255 e. The number of nitrogens with one attached hydrogen (secondary N) is 1. The van der Waals surface area contributed by atoms with Gasteiger partial charge in [-0.25, -0.2) is 8.42 Å². The zero-order valence-corrected chi connectivity index (χ0v) is 15.1. The summed E-state index contributed by atoms with van der Waals surface area (Å²) in [4.78, 5) is 12.5. The van der Waals surface area contributed by atoms with Crippen LogP contribution in [0.1, 0.15) is 24.2 Å². The summed E-state index contributed by atoms with van der Waals surface area (Å²) in [6.45, 7) is 4.29. The second-order valence-electron chi connectivity index (χ2n) is 5.05. The van der Waals surface area contributed by atoms with Gasteiger partial charge in [0.15, 0.2) is 0 Å². The summed E-state index contributed by atoms with van der Waals surface area (Å²) in [5.74, 6) is -0.417. The number of carbonyl (C=O) groups excluding carboxylic acids is 1. The van der Waals surface area contributed by atoms with Crippen LogP contribution in [0, 0.1) is 0 Å². The lowest BCUT2D eigenvalue weighted by atomic mass is 10.2. The van der Waals surface area contributed by atoms with Crippen molar-refractivity contribution in [1.82, 2.24) is 4.31 Å². The summed E-state index contributed by atoms with van der Waals surface area (Å²) in [6.07, 6.45) is 0. The van der Waals surface area contributed by atoms with Crippen molar-refractivity contribution in [2.75, 3.05) is 18.4 Å². The number of benzene rings is 2. The molecule has 0 aromatic heterocycles. The molecule has 128 valence electrons. The fourth-order valence-corrected chi connectivity index (χ4v) is 3.95. The molecule has 0 aliphatic heterocycles. The van der Waals surface area contributed by atoms with Gasteiger partial charge < -0.3 is 5.32 Å². The molecule has 0 radical (unpaired) electrons. The predicted octanol–water partition coefficient (Wildman–Crippen LogP) is 3.62. The van der Waals surface area contributed by atoms with Gasteiger partial charge in [0, 0.05) is 18.7 Å². The number of sulfonamides is 1. The van der Waals surface area contributed by atoms with Crippen molar-refractivity contribution in [1.29, 1.82) is 0 Å². The molecule has 1 N–H and O–H groups in total. The number of amides is 1. The summed E-state index contributed by atoms with van der Waals surface area (Å²) < 4.78 is 26.5. The van der Waals surface area contributed by atoms with Crippen LogP contribution in [0.2, 0.25) is 5.02 Å². The molecule has 0 aliphatic rings. The first-order chi connectivity index (χ1) is 11.4. The van der Waals surface area contributed by atoms with E-state index in [1.54, 1.807) is 50.2 Å². The van der Waals surface area contributed by atoms with E-state index in [0.29, 0.717) is 23.8 Å². The molecule has 0 bridgehead atoms. The average molecular weight is 367 g/mol. The van der Waals surface area contributed by atoms with E-state index in [0.717, 1.165) is 0 Å². The highest BCUT2D eigenvalue weighted by molar-refractivity contribution is 7.89. The summed E-state index contributed by atoms with van der Waals surface area (Å²) in [5.41, 5.74) is 0.726. The van der Waals surface area contributed by atoms with E-state index in [4.69, 9.17) is 11.6 Å². The van der Waals surface area contributed by atoms with Crippen LogP contribution < -0.4 is 5.32 Å². The fraction of sp³-hybridized carbons (Fsp3) is 0.235. The Bertz CT molecular complexity index is 833. The summed E-state index contributed by atoms with van der Waals surface area (Å²) in [7, 11) is -3.61. The highest BCUT2D eigenvalue weighted by atomic mass is 35.5. The smallest absolute Gasteiger partial charge is 0.255 e. The van der Waals surface area contributed by atoms with Crippen molar-refractivity contribution in [3.05, 3.63) is 59.1 Å². The molecule has 2 rings (SSSR count). The van der Waals surface area contributed by atoms with Gasteiger partial charge in [0.1, 0.15) is 0 Å². The number of rotatable bonds is 6. The van der Waals surface area contributed by atoms with E-state index in [2.05, 4.69) is 5.32 Å². The van der Waals surface area contributed by atoms with Crippen molar-refractivity contribution < 1.29 is 13.2 Å². The van der Waals surface area contributed by atoms with Crippen LogP contribution in [0.5, 0.6) is 0 Å². The molecule has 0 aliphatic carbocycles. The molecule has 2 aromatic carbocycles. The van der Waals surface area contributed by atoms with Crippen molar-refractivity contribution in [2.24, 2.45) is 0 Å². The van der Waals surface area contributed by atoms with Crippen molar-refractivity contribution in [3.8, 4) is 0 Å². The third-order valence-electron chi connectivity index (χ3n) is 3.56. The van der Waals surface area contributed by atoms with Crippen LogP contribution in [0.4, 0.5) is 5.69 Å². The number of para-hydroxylation sites is 1. The molecular weight excluding hydrogens is 348 g/mol. The zero-order chi connectivity index (χ0) is 17.7. The van der Waals surface area contributed by atoms with Gasteiger partial charge in [-0.05, 0) is 30.3 Å². The predicted molar refractivity (Wildman–Crippen MR) is 96.0 cm³/mol. The number of nitrogens with zero attached hydrogens (tertiary/aromatic N) is 1. The van der Waals surface area contributed by atoms with Crippen molar-refractivity contribution in [3.63, 3.8) is 0 Å². The summed E-state index contributed by atoms with van der Waals surface area (Å²) in [5, 5.41) is 3.10. The van der Waals surface area contributed by atoms with Crippen LogP contribution >= 0.6 is 11.6 Å². The molecule has 0 fully saturated rings. The minimum absolute atomic E-state index is 0.0954. The lowest BCUT2D eigenvalue weighted by Crippen LogP contribution is -2.30. The van der Waals surface area contributed by atoms with Gasteiger partial charge in [0.2, 0.25) is 10.0 Å². The average Bonchev–Trinajstić information content (AvgIpc) is 2.58. The van der Waals surface area contributed by atoms with Gasteiger partial charge in [0.25, 0.3) is 5.91 Å². The van der Waals surface area contributed by atoms with Crippen LogP contribution in [0.25, 0.3) is 0 Å². The van der Waals surface area contributed by atoms with E-state index in [1.807, 2.05) is 0 Å². The lowest BCUT2D eigenvalue weighted by molar-refractivity contribution is 0.102. The van der Waals surface area contributed by atoms with Gasteiger partial charge in [0.05, 0.1) is 15.6 Å². The Kier molecular flexibility index (Phi) is 5.99. The Balaban J connectivity index is 2.30. The standard InChI is InChI=1S/C17H19ClN2O3S/c1-3-20(4-2)24(22,23)14-9-7-8-13(12-14)17(21)19-16-11-6-5-10-15(16)18/h5-12H,3-4H2,1-2H3,(H,19,21). The van der Waals surface area contributed by atoms with Gasteiger partial charge >= 0.3 is 0 Å². The van der Waals surface area contributed by atoms with Gasteiger partial charge in [-0.1, -0.05) is 43.6 Å². The normalized spacial score (nSPS) is 11.5. The Morgan fingerprint density at radius 1 is 1.08 bits per heavy atom. The Labute approximate surface area is 147 Å². The first kappa shape index (κ1) is 18.4. The maximum absolute atomic E-state index is 12.6. The topological polar surface area (TPSA) is 66.5 Å². The molecule has 0 saturated heterocycles. The van der Waals surface area contributed by atoms with Gasteiger partial charge in [-0.15, -0.1) is 0 Å². The zero-order valence-electron chi connectivity index (χ0n) is 13.5. The maximum atomic E-state index is 12.6. The van der Waals surface area contributed by atoms with Crippen molar-refractivity contribution in [2.45, 2.75) is 18.7 Å². The highest BCUT2D eigenvalue weighted by Gasteiger charge is 2.22. The Hall–Kier alpha value is -1.89. The molecule has 0 unspecified atom stereocenters. The minimum atomic E-state index is -3.61. The van der Waals surface area contributed by atoms with Gasteiger partial charge in [-0.2, -0.15) is 4.31 Å². The number of hydrogen-bond donors (Lipinski definition) is 1. The molecule has 1 amide bonds. The Morgan fingerprint density at radius 3 is 2.38 bits per heavy atom. The fourth-order valence-electron chi connectivity index (χ4n) is 2.27. The quantitative estimate of drug-likeness (QED) is 0.849. The highest BCUT2D eigenvalue weighted by Crippen LogP contribution is 2.22. The van der Waals surface area contributed by atoms with E-state index >= 15 is 0 Å². The van der Waals surface area contributed by atoms with E-state index in [-0.39, 0.29) is 10.5 Å². The second kappa shape index (κ2) is 7.79. The number of hydrogen-bond acceptors (Lipinski definition) is 3. The molecule has 0 atom stereocenters. The van der Waals surface area contributed by atoms with E-state index in [9.17, 15) is 13.2 Å². The van der Waals surface area contributed by atoms with Crippen molar-refractivity contribution >= 4 is 33.2 Å². The lowest BCUT2D eigenvalue weighted by Gasteiger charge is -2.18. The summed E-state index contributed by atoms with van der Waals surface area (Å²) >= 11 is 6.02. The van der Waals surface area contributed by atoms with Crippen LogP contribution in [-0.2, 0) is 10.0 Å². The molecule has 5 nitrogen and oxygen atoms in total. The molecule has 24 heavy (non-hydrogen) atoms. The third kappa shape index (κ3) is 3.95. The first-order valence-electron chi connectivity index (χ1n) is 7.56. The van der Waals surface area contributed by atoms with E-state index < -0.39 is 15.9 Å². The van der Waals surface area contributed by atoms with Crippen LogP contribution in [0.15, 0.2) is 53.4 Å². The third-order valence-corrected chi connectivity index (χ3v) is 5.94. The minimum Gasteiger partial charge on any atom is -0.321 e. The van der Waals surface area contributed by atoms with E-state index in [1.165, 1.54) is 16.4 Å². The molecule has 0 spiro atoms. The number of carbonyl (C=O) groups is 1. The number of anilines is 1. The molecule has 0 heterocycles. The second-order valence-corrected chi connectivity index (χ2v) is 7.40. The monoisotopic (exact) mass is 366 g/mol. The number of halogens is 1. The SMILES string of the molecule is CCN(CC)S(=O)(=O)c1cccc(C(=O)Nc2ccccc2Cl)c1.